The van der Waals surface area contributed by atoms with Crippen LogP contribution in [0.15, 0.2) is 83.3 Å². The molecule has 0 fully saturated rings. The quantitative estimate of drug-likeness (QED) is 0.472. The van der Waals surface area contributed by atoms with Gasteiger partial charge in [-0.25, -0.2) is 0 Å². The minimum atomic E-state index is -0.0146. The van der Waals surface area contributed by atoms with Gasteiger partial charge in [0.05, 0.1) is 5.02 Å². The van der Waals surface area contributed by atoms with Crippen molar-refractivity contribution in [2.45, 2.75) is 13.0 Å². The number of carbonyl (C=O) groups is 1. The molecule has 0 heterocycles. The van der Waals surface area contributed by atoms with Gasteiger partial charge in [-0.05, 0) is 51.7 Å². The number of carbonyl (C=O) groups excluding carboxylic acids is 1. The molecule has 132 valence electrons. The highest BCUT2D eigenvalue weighted by molar-refractivity contribution is 9.10. The van der Waals surface area contributed by atoms with Crippen LogP contribution < -0.4 is 0 Å². The van der Waals surface area contributed by atoms with Crippen molar-refractivity contribution in [1.82, 2.24) is 4.90 Å². The van der Waals surface area contributed by atoms with Crippen LogP contribution in [0, 0.1) is 0 Å². The van der Waals surface area contributed by atoms with Gasteiger partial charge in [0, 0.05) is 23.1 Å². The van der Waals surface area contributed by atoms with Crippen molar-refractivity contribution in [3.63, 3.8) is 0 Å². The zero-order valence-corrected chi connectivity index (χ0v) is 16.6. The van der Waals surface area contributed by atoms with Gasteiger partial charge in [0.15, 0.2) is 0 Å². The highest BCUT2D eigenvalue weighted by Gasteiger charge is 2.17. The third-order valence-corrected chi connectivity index (χ3v) is 5.42. The van der Waals surface area contributed by atoms with E-state index in [2.05, 4.69) is 28.1 Å². The molecule has 2 nitrogen and oxygen atoms in total. The summed E-state index contributed by atoms with van der Waals surface area (Å²) in [6, 6.07) is 25.6. The fourth-order valence-corrected chi connectivity index (χ4v) is 3.20. The summed E-state index contributed by atoms with van der Waals surface area (Å²) in [4.78, 5) is 15.0. The van der Waals surface area contributed by atoms with Crippen molar-refractivity contribution in [3.8, 4) is 0 Å². The normalized spacial score (nSPS) is 10.5. The average molecular weight is 429 g/mol. The molecule has 0 aliphatic carbocycles. The van der Waals surface area contributed by atoms with E-state index in [-0.39, 0.29) is 5.91 Å². The standard InChI is InChI=1S/C22H19BrClNO/c23-20-12-11-19(15-21(20)24)22(26)25(16-18-9-5-2-6-10-18)14-13-17-7-3-1-4-8-17/h1-12,15H,13-14,16H2. The summed E-state index contributed by atoms with van der Waals surface area (Å²) in [6.45, 7) is 1.21. The predicted octanol–water partition coefficient (Wildman–Crippen LogP) is 5.99. The summed E-state index contributed by atoms with van der Waals surface area (Å²) < 4.78 is 0.787. The van der Waals surface area contributed by atoms with E-state index in [1.165, 1.54) is 5.56 Å². The summed E-state index contributed by atoms with van der Waals surface area (Å²) in [5.74, 6) is -0.0146. The maximum absolute atomic E-state index is 13.1. The number of nitrogens with zero attached hydrogens (tertiary/aromatic N) is 1. The minimum Gasteiger partial charge on any atom is -0.334 e. The van der Waals surface area contributed by atoms with Crippen LogP contribution >= 0.6 is 27.5 Å². The summed E-state index contributed by atoms with van der Waals surface area (Å²) in [5, 5.41) is 0.540. The monoisotopic (exact) mass is 427 g/mol. The molecule has 0 saturated carbocycles. The Kier molecular flexibility index (Phi) is 6.48. The first kappa shape index (κ1) is 18.7. The number of hydrogen-bond donors (Lipinski definition) is 0. The number of hydrogen-bond acceptors (Lipinski definition) is 1. The molecule has 1 amide bonds. The summed E-state index contributed by atoms with van der Waals surface area (Å²) in [6.07, 6.45) is 0.809. The number of rotatable bonds is 6. The van der Waals surface area contributed by atoms with Crippen molar-refractivity contribution in [2.24, 2.45) is 0 Å². The van der Waals surface area contributed by atoms with Crippen LogP contribution in [0.5, 0.6) is 0 Å². The molecule has 3 rings (SSSR count). The fraction of sp³-hybridized carbons (Fsp3) is 0.136. The third-order valence-electron chi connectivity index (χ3n) is 4.18. The van der Waals surface area contributed by atoms with E-state index in [0.717, 1.165) is 16.5 Å². The van der Waals surface area contributed by atoms with Gasteiger partial charge in [0.2, 0.25) is 0 Å². The van der Waals surface area contributed by atoms with Crippen LogP contribution in [0.1, 0.15) is 21.5 Å². The lowest BCUT2D eigenvalue weighted by atomic mass is 10.1. The van der Waals surface area contributed by atoms with E-state index >= 15 is 0 Å². The molecule has 0 aliphatic heterocycles. The zero-order valence-electron chi connectivity index (χ0n) is 14.2. The van der Waals surface area contributed by atoms with E-state index in [1.807, 2.05) is 59.5 Å². The van der Waals surface area contributed by atoms with Crippen LogP contribution in [0.25, 0.3) is 0 Å². The topological polar surface area (TPSA) is 20.3 Å². The number of halogens is 2. The Labute approximate surface area is 167 Å². The largest absolute Gasteiger partial charge is 0.334 e. The molecule has 0 spiro atoms. The second kappa shape index (κ2) is 9.02. The van der Waals surface area contributed by atoms with Gasteiger partial charge in [0.1, 0.15) is 0 Å². The molecular weight excluding hydrogens is 410 g/mol. The van der Waals surface area contributed by atoms with Crippen molar-refractivity contribution in [3.05, 3.63) is 105 Å². The van der Waals surface area contributed by atoms with Crippen LogP contribution in [-0.4, -0.2) is 17.4 Å². The molecule has 3 aromatic carbocycles. The van der Waals surface area contributed by atoms with Gasteiger partial charge in [-0.2, -0.15) is 0 Å². The van der Waals surface area contributed by atoms with Gasteiger partial charge in [-0.3, -0.25) is 4.79 Å². The van der Waals surface area contributed by atoms with E-state index in [1.54, 1.807) is 12.1 Å². The summed E-state index contributed by atoms with van der Waals surface area (Å²) >= 11 is 9.55. The van der Waals surface area contributed by atoms with Gasteiger partial charge < -0.3 is 4.90 Å². The molecule has 0 aromatic heterocycles. The molecule has 0 radical (unpaired) electrons. The molecule has 0 unspecified atom stereocenters. The number of amides is 1. The maximum Gasteiger partial charge on any atom is 0.254 e. The third kappa shape index (κ3) is 4.96. The first-order valence-electron chi connectivity index (χ1n) is 8.45. The van der Waals surface area contributed by atoms with Gasteiger partial charge in [-0.15, -0.1) is 0 Å². The average Bonchev–Trinajstić information content (AvgIpc) is 2.68. The molecule has 3 aromatic rings. The lowest BCUT2D eigenvalue weighted by Gasteiger charge is -2.23. The molecule has 26 heavy (non-hydrogen) atoms. The predicted molar refractivity (Wildman–Crippen MR) is 110 cm³/mol. The van der Waals surface area contributed by atoms with E-state index < -0.39 is 0 Å². The molecular formula is C22H19BrClNO. The first-order valence-corrected chi connectivity index (χ1v) is 9.63. The van der Waals surface area contributed by atoms with E-state index in [4.69, 9.17) is 11.6 Å². The Bertz CT molecular complexity index is 868. The van der Waals surface area contributed by atoms with Crippen LogP contribution in [0.4, 0.5) is 0 Å². The van der Waals surface area contributed by atoms with Crippen molar-refractivity contribution >= 4 is 33.4 Å². The van der Waals surface area contributed by atoms with Crippen LogP contribution in [-0.2, 0) is 13.0 Å². The Morgan fingerprint density at radius 2 is 1.50 bits per heavy atom. The lowest BCUT2D eigenvalue weighted by Crippen LogP contribution is -2.32. The molecule has 0 aliphatic rings. The molecule has 0 saturated heterocycles. The first-order chi connectivity index (χ1) is 12.6. The Hall–Kier alpha value is -2.10. The molecule has 4 heteroatoms. The van der Waals surface area contributed by atoms with E-state index in [0.29, 0.717) is 23.7 Å². The van der Waals surface area contributed by atoms with Crippen molar-refractivity contribution in [1.29, 1.82) is 0 Å². The maximum atomic E-state index is 13.1. The Morgan fingerprint density at radius 3 is 2.12 bits per heavy atom. The van der Waals surface area contributed by atoms with E-state index in [9.17, 15) is 4.79 Å². The Morgan fingerprint density at radius 1 is 0.885 bits per heavy atom. The minimum absolute atomic E-state index is 0.0146. The lowest BCUT2D eigenvalue weighted by molar-refractivity contribution is 0.0745. The summed E-state index contributed by atoms with van der Waals surface area (Å²) in [7, 11) is 0. The fourth-order valence-electron chi connectivity index (χ4n) is 2.78. The van der Waals surface area contributed by atoms with Gasteiger partial charge >= 0.3 is 0 Å². The highest BCUT2D eigenvalue weighted by Crippen LogP contribution is 2.24. The van der Waals surface area contributed by atoms with Gasteiger partial charge in [-0.1, -0.05) is 72.3 Å². The van der Waals surface area contributed by atoms with Crippen molar-refractivity contribution in [2.75, 3.05) is 6.54 Å². The molecule has 0 bridgehead atoms. The highest BCUT2D eigenvalue weighted by atomic mass is 79.9. The SMILES string of the molecule is O=C(c1ccc(Br)c(Cl)c1)N(CCc1ccccc1)Cc1ccccc1. The summed E-state index contributed by atoms with van der Waals surface area (Å²) in [5.41, 5.74) is 2.92. The van der Waals surface area contributed by atoms with Gasteiger partial charge in [0.25, 0.3) is 5.91 Å². The smallest absolute Gasteiger partial charge is 0.254 e. The van der Waals surface area contributed by atoms with Crippen LogP contribution in [0.3, 0.4) is 0 Å². The Balaban J connectivity index is 1.81. The van der Waals surface area contributed by atoms with Crippen LogP contribution in [0.2, 0.25) is 5.02 Å². The number of benzene rings is 3. The second-order valence-corrected chi connectivity index (χ2v) is 7.34. The molecule has 0 atom stereocenters. The zero-order chi connectivity index (χ0) is 18.4. The molecule has 0 N–H and O–H groups in total. The van der Waals surface area contributed by atoms with Crippen molar-refractivity contribution < 1.29 is 4.79 Å². The second-order valence-electron chi connectivity index (χ2n) is 6.08.